The van der Waals surface area contributed by atoms with Crippen molar-refractivity contribution in [1.82, 2.24) is 5.32 Å². The Labute approximate surface area is 300 Å². The molecule has 272 valence electrons. The molecule has 2 unspecified atom stereocenters. The third kappa shape index (κ3) is 10.9. The topological polar surface area (TPSA) is 136 Å². The number of rotatable bonds is 16. The number of allylic oxidation sites excluding steroid dienone is 2. The van der Waals surface area contributed by atoms with Crippen molar-refractivity contribution in [3.63, 3.8) is 0 Å². The summed E-state index contributed by atoms with van der Waals surface area (Å²) in [5.74, 6) is -0.412. The molecule has 1 fully saturated rings. The zero-order chi connectivity index (χ0) is 36.2. The summed E-state index contributed by atoms with van der Waals surface area (Å²) in [5, 5.41) is 25.8. The first kappa shape index (κ1) is 38.1. The largest absolute Gasteiger partial charge is 0.511 e. The summed E-state index contributed by atoms with van der Waals surface area (Å²) in [5.41, 5.74) is 2.85. The monoisotopic (exact) mass is 698 g/mol. The van der Waals surface area contributed by atoms with Crippen LogP contribution in [-0.2, 0) is 48.4 Å². The molecule has 0 radical (unpaired) electrons. The lowest BCUT2D eigenvalue weighted by Crippen LogP contribution is -2.59. The van der Waals surface area contributed by atoms with Crippen LogP contribution in [0.25, 0.3) is 0 Å². The maximum atomic E-state index is 13.7. The molecule has 3 N–H and O–H groups in total. The fraction of sp³-hybridized carbons (Fsp3) is 0.439. The van der Waals surface area contributed by atoms with Crippen LogP contribution >= 0.6 is 0 Å². The number of benzene rings is 3. The van der Waals surface area contributed by atoms with Crippen LogP contribution in [0.1, 0.15) is 62.6 Å². The van der Waals surface area contributed by atoms with Gasteiger partial charge in [0.1, 0.15) is 30.1 Å². The first-order valence-electron chi connectivity index (χ1n) is 17.6. The van der Waals surface area contributed by atoms with Gasteiger partial charge in [0.25, 0.3) is 0 Å². The third-order valence-corrected chi connectivity index (χ3v) is 9.12. The quantitative estimate of drug-likeness (QED) is 0.155. The number of ether oxygens (including phenoxy) is 4. The van der Waals surface area contributed by atoms with E-state index < -0.39 is 36.1 Å². The molecule has 0 aromatic heterocycles. The van der Waals surface area contributed by atoms with E-state index in [0.717, 1.165) is 16.7 Å². The van der Waals surface area contributed by atoms with Crippen LogP contribution in [0, 0.1) is 5.41 Å². The first-order valence-corrected chi connectivity index (χ1v) is 17.6. The highest BCUT2D eigenvalue weighted by atomic mass is 16.7. The minimum Gasteiger partial charge on any atom is -0.511 e. The standard InChI is InChI=1S/C41H50N2O8/c1-41(2)22-32(44)36(33(45)23-41)31(20-13-21-35(46)42-3)43-37-39(49-25-29-16-9-5-10-17-29)38(47)34(27-48-24-28-14-7-4-8-15-28)51-40(37)50-26-30-18-11-6-12-19-30/h4-12,14-19,34,37-40,44,47H,13,20-27H2,1-3H3,(H,42,46)/t34?,37?,38-,39+,40+/m0/s1. The van der Waals surface area contributed by atoms with Crippen LogP contribution in [0.3, 0.4) is 0 Å². The minimum atomic E-state index is -1.19. The molecular formula is C41H50N2O8. The molecule has 5 atom stereocenters. The summed E-state index contributed by atoms with van der Waals surface area (Å²) in [4.78, 5) is 30.9. The van der Waals surface area contributed by atoms with Crippen LogP contribution in [-0.4, -0.2) is 71.9 Å². The van der Waals surface area contributed by atoms with Gasteiger partial charge in [0.2, 0.25) is 5.91 Å². The molecule has 0 bridgehead atoms. The molecule has 3 aromatic carbocycles. The molecule has 3 aromatic rings. The predicted molar refractivity (Wildman–Crippen MR) is 194 cm³/mol. The van der Waals surface area contributed by atoms with Crippen LogP contribution in [0.15, 0.2) is 107 Å². The second kappa shape index (κ2) is 18.3. The van der Waals surface area contributed by atoms with Crippen molar-refractivity contribution in [1.29, 1.82) is 0 Å². The number of nitrogens with one attached hydrogen (secondary N) is 1. The van der Waals surface area contributed by atoms with E-state index in [1.54, 1.807) is 7.05 Å². The number of nitrogens with zero attached hydrogens (tertiary/aromatic N) is 1. The Balaban J connectivity index is 1.52. The highest BCUT2D eigenvalue weighted by molar-refractivity contribution is 6.23. The van der Waals surface area contributed by atoms with Gasteiger partial charge in [-0.15, -0.1) is 0 Å². The van der Waals surface area contributed by atoms with E-state index in [1.165, 1.54) is 0 Å². The average molecular weight is 699 g/mol. The summed E-state index contributed by atoms with van der Waals surface area (Å²) >= 11 is 0. The normalized spacial score (nSPS) is 23.6. The smallest absolute Gasteiger partial charge is 0.219 e. The molecule has 10 nitrogen and oxygen atoms in total. The van der Waals surface area contributed by atoms with Crippen molar-refractivity contribution in [2.45, 2.75) is 96.4 Å². The average Bonchev–Trinajstić information content (AvgIpc) is 3.12. The summed E-state index contributed by atoms with van der Waals surface area (Å²) in [6, 6.07) is 28.0. The molecule has 51 heavy (non-hydrogen) atoms. The Morgan fingerprint density at radius 1 is 0.863 bits per heavy atom. The van der Waals surface area contributed by atoms with Gasteiger partial charge in [0.05, 0.1) is 32.0 Å². The third-order valence-electron chi connectivity index (χ3n) is 9.12. The van der Waals surface area contributed by atoms with E-state index in [1.807, 2.05) is 105 Å². The Morgan fingerprint density at radius 2 is 1.43 bits per heavy atom. The molecule has 10 heteroatoms. The van der Waals surface area contributed by atoms with Crippen molar-refractivity contribution < 1.29 is 38.7 Å². The number of carbonyl (C=O) groups excluding carboxylic acids is 2. The number of hydrogen-bond donors (Lipinski definition) is 3. The Kier molecular flexibility index (Phi) is 13.7. The molecule has 2 aliphatic rings. The van der Waals surface area contributed by atoms with Gasteiger partial charge in [-0.05, 0) is 34.9 Å². The maximum absolute atomic E-state index is 13.7. The fourth-order valence-corrected chi connectivity index (χ4v) is 6.49. The molecule has 1 aliphatic heterocycles. The van der Waals surface area contributed by atoms with Crippen LogP contribution < -0.4 is 5.32 Å². The van der Waals surface area contributed by atoms with Crippen molar-refractivity contribution in [3.05, 3.63) is 119 Å². The van der Waals surface area contributed by atoms with Gasteiger partial charge in [0, 0.05) is 32.0 Å². The molecule has 0 spiro atoms. The van der Waals surface area contributed by atoms with Gasteiger partial charge in [-0.3, -0.25) is 14.6 Å². The zero-order valence-electron chi connectivity index (χ0n) is 29.7. The summed E-state index contributed by atoms with van der Waals surface area (Å²) < 4.78 is 25.5. The van der Waals surface area contributed by atoms with Crippen molar-refractivity contribution in [2.24, 2.45) is 10.4 Å². The van der Waals surface area contributed by atoms with Crippen molar-refractivity contribution in [2.75, 3.05) is 13.7 Å². The molecule has 1 aliphatic carbocycles. The van der Waals surface area contributed by atoms with Crippen molar-refractivity contribution >= 4 is 17.4 Å². The highest BCUT2D eigenvalue weighted by Crippen LogP contribution is 2.38. The second-order valence-corrected chi connectivity index (χ2v) is 13.9. The number of aliphatic imine (C=N–C) groups is 1. The van der Waals surface area contributed by atoms with Crippen LogP contribution in [0.4, 0.5) is 0 Å². The lowest BCUT2D eigenvalue weighted by molar-refractivity contribution is -0.279. The fourth-order valence-electron chi connectivity index (χ4n) is 6.49. The van der Waals surface area contributed by atoms with Crippen molar-refractivity contribution in [3.8, 4) is 0 Å². The number of carbonyl (C=O) groups is 2. The van der Waals surface area contributed by atoms with Gasteiger partial charge in [-0.25, -0.2) is 0 Å². The van der Waals surface area contributed by atoms with E-state index in [-0.39, 0.29) is 62.1 Å². The Morgan fingerprint density at radius 3 is 2.00 bits per heavy atom. The maximum Gasteiger partial charge on any atom is 0.219 e. The van der Waals surface area contributed by atoms with Crippen LogP contribution in [0.5, 0.6) is 0 Å². The molecule has 1 saturated heterocycles. The Hall–Kier alpha value is -4.19. The summed E-state index contributed by atoms with van der Waals surface area (Å²) in [6.45, 7) is 4.61. The number of hydrogen-bond acceptors (Lipinski definition) is 9. The van der Waals surface area contributed by atoms with E-state index in [9.17, 15) is 19.8 Å². The highest BCUT2D eigenvalue weighted by Gasteiger charge is 2.48. The number of aliphatic hydroxyl groups excluding tert-OH is 2. The van der Waals surface area contributed by atoms with Gasteiger partial charge in [-0.1, -0.05) is 105 Å². The lowest BCUT2D eigenvalue weighted by atomic mass is 9.75. The van der Waals surface area contributed by atoms with Crippen LogP contribution in [0.2, 0.25) is 0 Å². The Bertz CT molecular complexity index is 1630. The second-order valence-electron chi connectivity index (χ2n) is 13.9. The zero-order valence-corrected chi connectivity index (χ0v) is 29.7. The van der Waals surface area contributed by atoms with Gasteiger partial charge in [0.15, 0.2) is 12.1 Å². The summed E-state index contributed by atoms with van der Waals surface area (Å²) in [6.07, 6.45) is -2.65. The van der Waals surface area contributed by atoms with E-state index in [4.69, 9.17) is 23.9 Å². The molecule has 1 heterocycles. The number of amides is 1. The van der Waals surface area contributed by atoms with Gasteiger partial charge >= 0.3 is 0 Å². The van der Waals surface area contributed by atoms with E-state index >= 15 is 0 Å². The number of Topliss-reactive ketones (excluding diaryl/α,β-unsaturated/α-hetero) is 1. The lowest BCUT2D eigenvalue weighted by Gasteiger charge is -2.43. The molecule has 5 rings (SSSR count). The first-order chi connectivity index (χ1) is 24.6. The number of aliphatic hydroxyl groups is 2. The number of ketones is 1. The van der Waals surface area contributed by atoms with E-state index in [0.29, 0.717) is 25.2 Å². The SMILES string of the molecule is CNC(=O)CCCC(=NC1[C@H](OCc2ccccc2)OC(COCc2ccccc2)[C@H](O)[C@@H]1OCc1ccccc1)C1=C(O)CC(C)(C)CC1=O. The predicted octanol–water partition coefficient (Wildman–Crippen LogP) is 6.02. The molecular weight excluding hydrogens is 648 g/mol. The molecule has 1 amide bonds. The summed E-state index contributed by atoms with van der Waals surface area (Å²) in [7, 11) is 1.57. The minimum absolute atomic E-state index is 0.0390. The van der Waals surface area contributed by atoms with E-state index in [2.05, 4.69) is 5.32 Å². The van der Waals surface area contributed by atoms with Gasteiger partial charge < -0.3 is 34.5 Å². The molecule has 0 saturated carbocycles. The van der Waals surface area contributed by atoms with Gasteiger partial charge in [-0.2, -0.15) is 0 Å².